The van der Waals surface area contributed by atoms with Crippen molar-refractivity contribution in [2.75, 3.05) is 0 Å². The molecule has 1 unspecified atom stereocenters. The summed E-state index contributed by atoms with van der Waals surface area (Å²) in [5.41, 5.74) is 3.42. The normalized spacial score (nSPS) is 18.4. The first-order valence-electron chi connectivity index (χ1n) is 5.37. The third kappa shape index (κ3) is 1.60. The highest BCUT2D eigenvalue weighted by atomic mass is 32.1. The Morgan fingerprint density at radius 2 is 2.19 bits per heavy atom. The molecule has 3 rings (SSSR count). The minimum Gasteiger partial charge on any atom is -0.388 e. The monoisotopic (exact) mass is 228 g/mol. The van der Waals surface area contributed by atoms with Crippen molar-refractivity contribution in [1.29, 1.82) is 0 Å². The van der Waals surface area contributed by atoms with Crippen molar-refractivity contribution in [3.8, 4) is 10.4 Å². The molecule has 2 heteroatoms. The van der Waals surface area contributed by atoms with Crippen molar-refractivity contribution in [3.63, 3.8) is 0 Å². The van der Waals surface area contributed by atoms with Gasteiger partial charge in [-0.2, -0.15) is 0 Å². The standard InChI is InChI=1S/C14H12OS/c15-13-4-1-3-10-9-11(6-7-12(10)13)14-5-2-8-16-14/h1-3,5-9,13,15H,4H2. The molecule has 1 aromatic heterocycles. The Morgan fingerprint density at radius 3 is 3.00 bits per heavy atom. The van der Waals surface area contributed by atoms with E-state index in [-0.39, 0.29) is 6.10 Å². The van der Waals surface area contributed by atoms with Crippen LogP contribution in [0.15, 0.2) is 41.8 Å². The molecule has 2 aromatic rings. The van der Waals surface area contributed by atoms with E-state index in [0.717, 1.165) is 17.5 Å². The molecule has 0 bridgehead atoms. The molecule has 1 aliphatic carbocycles. The second-order valence-corrected chi connectivity index (χ2v) is 4.92. The van der Waals surface area contributed by atoms with Crippen LogP contribution < -0.4 is 0 Å². The van der Waals surface area contributed by atoms with Gasteiger partial charge >= 0.3 is 0 Å². The molecule has 1 heterocycles. The lowest BCUT2D eigenvalue weighted by molar-refractivity contribution is 0.180. The van der Waals surface area contributed by atoms with E-state index in [0.29, 0.717) is 0 Å². The van der Waals surface area contributed by atoms with E-state index in [2.05, 4.69) is 35.7 Å². The van der Waals surface area contributed by atoms with Crippen molar-refractivity contribution < 1.29 is 5.11 Å². The zero-order valence-electron chi connectivity index (χ0n) is 8.76. The number of hydrogen-bond donors (Lipinski definition) is 1. The van der Waals surface area contributed by atoms with E-state index in [1.165, 1.54) is 10.4 Å². The number of fused-ring (bicyclic) bond motifs is 1. The van der Waals surface area contributed by atoms with E-state index >= 15 is 0 Å². The van der Waals surface area contributed by atoms with Crippen molar-refractivity contribution in [2.24, 2.45) is 0 Å². The summed E-state index contributed by atoms with van der Waals surface area (Å²) in [7, 11) is 0. The first kappa shape index (κ1) is 9.82. The molecular weight excluding hydrogens is 216 g/mol. The van der Waals surface area contributed by atoms with Gasteiger partial charge in [-0.05, 0) is 40.6 Å². The molecule has 0 amide bonds. The topological polar surface area (TPSA) is 20.2 Å². The van der Waals surface area contributed by atoms with Crippen LogP contribution in [0.3, 0.4) is 0 Å². The van der Waals surface area contributed by atoms with Crippen LogP contribution in [0.1, 0.15) is 23.7 Å². The van der Waals surface area contributed by atoms with Crippen LogP contribution in [-0.2, 0) is 0 Å². The van der Waals surface area contributed by atoms with Gasteiger partial charge in [0, 0.05) is 4.88 Å². The van der Waals surface area contributed by atoms with E-state index in [1.54, 1.807) is 11.3 Å². The smallest absolute Gasteiger partial charge is 0.0830 e. The van der Waals surface area contributed by atoms with Gasteiger partial charge in [0.25, 0.3) is 0 Å². The van der Waals surface area contributed by atoms with Gasteiger partial charge in [-0.25, -0.2) is 0 Å². The van der Waals surface area contributed by atoms with Crippen molar-refractivity contribution in [3.05, 3.63) is 52.9 Å². The Labute approximate surface area is 98.7 Å². The lowest BCUT2D eigenvalue weighted by Gasteiger charge is -2.17. The molecule has 0 radical (unpaired) electrons. The van der Waals surface area contributed by atoms with Crippen molar-refractivity contribution in [2.45, 2.75) is 12.5 Å². The third-order valence-corrected chi connectivity index (χ3v) is 3.83. The highest BCUT2D eigenvalue weighted by Crippen LogP contribution is 2.32. The average molecular weight is 228 g/mol. The van der Waals surface area contributed by atoms with Gasteiger partial charge in [-0.15, -0.1) is 11.3 Å². The zero-order chi connectivity index (χ0) is 11.0. The summed E-state index contributed by atoms with van der Waals surface area (Å²) in [4.78, 5) is 1.27. The summed E-state index contributed by atoms with van der Waals surface area (Å²) in [5.74, 6) is 0. The Bertz CT molecular complexity index is 526. The Balaban J connectivity index is 2.10. The highest BCUT2D eigenvalue weighted by molar-refractivity contribution is 7.13. The first-order chi connectivity index (χ1) is 7.84. The molecule has 1 N–H and O–H groups in total. The van der Waals surface area contributed by atoms with Gasteiger partial charge in [0.15, 0.2) is 0 Å². The fourth-order valence-electron chi connectivity index (χ4n) is 2.07. The highest BCUT2D eigenvalue weighted by Gasteiger charge is 2.14. The molecule has 1 aromatic carbocycles. The fraction of sp³-hybridized carbons (Fsp3) is 0.143. The number of benzene rings is 1. The van der Waals surface area contributed by atoms with Gasteiger partial charge in [0.05, 0.1) is 6.10 Å². The zero-order valence-corrected chi connectivity index (χ0v) is 9.58. The summed E-state index contributed by atoms with van der Waals surface area (Å²) in [6, 6.07) is 10.5. The predicted octanol–water partition coefficient (Wildman–Crippen LogP) is 3.87. The Hall–Kier alpha value is -1.38. The van der Waals surface area contributed by atoms with Gasteiger partial charge in [0.2, 0.25) is 0 Å². The fourth-order valence-corrected chi connectivity index (χ4v) is 2.79. The maximum absolute atomic E-state index is 9.83. The molecule has 0 spiro atoms. The van der Waals surface area contributed by atoms with Crippen molar-refractivity contribution in [1.82, 2.24) is 0 Å². The van der Waals surface area contributed by atoms with Gasteiger partial charge in [0.1, 0.15) is 0 Å². The Kier molecular flexibility index (Phi) is 2.39. The summed E-state index contributed by atoms with van der Waals surface area (Å²) < 4.78 is 0. The molecule has 0 aliphatic heterocycles. The lowest BCUT2D eigenvalue weighted by Crippen LogP contribution is -2.02. The SMILES string of the molecule is OC1CC=Cc2cc(-c3cccs3)ccc21. The van der Waals surface area contributed by atoms with E-state index in [4.69, 9.17) is 0 Å². The number of hydrogen-bond acceptors (Lipinski definition) is 2. The molecule has 1 aliphatic rings. The summed E-state index contributed by atoms with van der Waals surface area (Å²) in [6.07, 6.45) is 4.52. The molecule has 80 valence electrons. The maximum atomic E-state index is 9.83. The minimum absolute atomic E-state index is 0.336. The summed E-state index contributed by atoms with van der Waals surface area (Å²) in [6.45, 7) is 0. The molecule has 1 atom stereocenters. The average Bonchev–Trinajstić information content (AvgIpc) is 2.82. The van der Waals surface area contributed by atoms with Crippen LogP contribution in [0.5, 0.6) is 0 Å². The third-order valence-electron chi connectivity index (χ3n) is 2.91. The molecule has 0 saturated carbocycles. The molecule has 16 heavy (non-hydrogen) atoms. The second-order valence-electron chi connectivity index (χ2n) is 3.97. The van der Waals surface area contributed by atoms with Crippen molar-refractivity contribution >= 4 is 17.4 Å². The van der Waals surface area contributed by atoms with Crippen LogP contribution >= 0.6 is 11.3 Å². The quantitative estimate of drug-likeness (QED) is 0.785. The van der Waals surface area contributed by atoms with Gasteiger partial charge in [-0.3, -0.25) is 0 Å². The molecular formula is C14H12OS. The largest absolute Gasteiger partial charge is 0.388 e. The van der Waals surface area contributed by atoms with Crippen LogP contribution in [0, 0.1) is 0 Å². The van der Waals surface area contributed by atoms with Crippen LogP contribution in [-0.4, -0.2) is 5.11 Å². The number of aliphatic hydroxyl groups is 1. The van der Waals surface area contributed by atoms with E-state index < -0.39 is 0 Å². The molecule has 0 fully saturated rings. The molecule has 1 nitrogen and oxygen atoms in total. The molecule has 0 saturated heterocycles. The second kappa shape index (κ2) is 3.89. The van der Waals surface area contributed by atoms with E-state index in [9.17, 15) is 5.11 Å². The van der Waals surface area contributed by atoms with E-state index in [1.807, 2.05) is 12.1 Å². The minimum atomic E-state index is -0.336. The van der Waals surface area contributed by atoms with Crippen LogP contribution in [0.4, 0.5) is 0 Å². The summed E-state index contributed by atoms with van der Waals surface area (Å²) in [5, 5.41) is 11.9. The number of aliphatic hydroxyl groups excluding tert-OH is 1. The first-order valence-corrected chi connectivity index (χ1v) is 6.25. The van der Waals surface area contributed by atoms with Gasteiger partial charge < -0.3 is 5.11 Å². The maximum Gasteiger partial charge on any atom is 0.0830 e. The lowest BCUT2D eigenvalue weighted by atomic mass is 9.93. The van der Waals surface area contributed by atoms with Gasteiger partial charge in [-0.1, -0.05) is 30.4 Å². The number of rotatable bonds is 1. The van der Waals surface area contributed by atoms with Crippen LogP contribution in [0.2, 0.25) is 0 Å². The Morgan fingerprint density at radius 1 is 1.25 bits per heavy atom. The summed E-state index contributed by atoms with van der Waals surface area (Å²) >= 11 is 1.74. The predicted molar refractivity (Wildman–Crippen MR) is 68.4 cm³/mol. The van der Waals surface area contributed by atoms with Crippen LogP contribution in [0.25, 0.3) is 16.5 Å². The number of thiophene rings is 1.